The Morgan fingerprint density at radius 3 is 2.91 bits per heavy atom. The first-order valence-electron chi connectivity index (χ1n) is 7.36. The summed E-state index contributed by atoms with van der Waals surface area (Å²) in [5, 5.41) is 11.3. The highest BCUT2D eigenvalue weighted by atomic mass is 16.5. The van der Waals surface area contributed by atoms with Crippen LogP contribution in [0.4, 0.5) is 10.5 Å². The van der Waals surface area contributed by atoms with Crippen molar-refractivity contribution in [3.05, 3.63) is 35.5 Å². The molecule has 118 valence electrons. The first-order chi connectivity index (χ1) is 11.2. The quantitative estimate of drug-likeness (QED) is 0.655. The van der Waals surface area contributed by atoms with Gasteiger partial charge in [0.25, 0.3) is 0 Å². The second-order valence-electron chi connectivity index (χ2n) is 5.38. The van der Waals surface area contributed by atoms with Crippen LogP contribution in [-0.4, -0.2) is 53.3 Å². The molecule has 1 aromatic heterocycles. The summed E-state index contributed by atoms with van der Waals surface area (Å²) in [6.45, 7) is 2.44. The maximum absolute atomic E-state index is 12.5. The van der Waals surface area contributed by atoms with Crippen molar-refractivity contribution < 1.29 is 14.3 Å². The number of hydrogen-bond acceptors (Lipinski definition) is 5. The fourth-order valence-corrected chi connectivity index (χ4v) is 2.88. The van der Waals surface area contributed by atoms with E-state index in [0.29, 0.717) is 48.8 Å². The van der Waals surface area contributed by atoms with Gasteiger partial charge >= 0.3 is 6.03 Å². The fourth-order valence-electron chi connectivity index (χ4n) is 2.88. The summed E-state index contributed by atoms with van der Waals surface area (Å²) in [6, 6.07) is 4.98. The Hall–Kier alpha value is -2.71. The zero-order chi connectivity index (χ0) is 15.8. The van der Waals surface area contributed by atoms with Crippen LogP contribution in [0, 0.1) is 0 Å². The standard InChI is InChI=1S/C15H15N5O3/c21-14-10-8-16-18-13(10)9-2-1-3-11(12(9)14)17-15(22)19-20-4-6-23-7-5-20/h1-3,8H,4-7H2,(H,16,18)(H2,17,19,22). The van der Waals surface area contributed by atoms with E-state index in [1.54, 1.807) is 17.1 Å². The molecule has 0 atom stereocenters. The van der Waals surface area contributed by atoms with E-state index in [1.165, 1.54) is 6.20 Å². The third kappa shape index (κ3) is 2.37. The number of carbonyl (C=O) groups is 2. The summed E-state index contributed by atoms with van der Waals surface area (Å²) in [5.74, 6) is -0.133. The number of ketones is 1. The van der Waals surface area contributed by atoms with Gasteiger partial charge in [-0.05, 0) is 6.07 Å². The molecule has 1 aliphatic heterocycles. The van der Waals surface area contributed by atoms with Gasteiger partial charge in [-0.3, -0.25) is 15.3 Å². The van der Waals surface area contributed by atoms with E-state index in [-0.39, 0.29) is 11.8 Å². The number of anilines is 1. The third-order valence-electron chi connectivity index (χ3n) is 3.96. The number of amides is 2. The Bertz CT molecular complexity index is 779. The lowest BCUT2D eigenvalue weighted by atomic mass is 10.1. The van der Waals surface area contributed by atoms with E-state index in [4.69, 9.17) is 4.74 Å². The molecular weight excluding hydrogens is 298 g/mol. The monoisotopic (exact) mass is 313 g/mol. The molecule has 2 heterocycles. The number of aromatic nitrogens is 2. The van der Waals surface area contributed by atoms with E-state index < -0.39 is 0 Å². The van der Waals surface area contributed by atoms with Crippen LogP contribution >= 0.6 is 0 Å². The van der Waals surface area contributed by atoms with Gasteiger partial charge in [-0.15, -0.1) is 0 Å². The van der Waals surface area contributed by atoms with Crippen LogP contribution in [0.15, 0.2) is 24.4 Å². The maximum atomic E-state index is 12.5. The van der Waals surface area contributed by atoms with Crippen molar-refractivity contribution in [3.63, 3.8) is 0 Å². The average molecular weight is 313 g/mol. The lowest BCUT2D eigenvalue weighted by Crippen LogP contribution is -2.49. The Morgan fingerprint density at radius 2 is 2.09 bits per heavy atom. The number of rotatable bonds is 2. The number of ether oxygens (including phenoxy) is 1. The van der Waals surface area contributed by atoms with Crippen LogP contribution in [0.25, 0.3) is 11.3 Å². The number of carbonyl (C=O) groups excluding carboxylic acids is 2. The first kappa shape index (κ1) is 13.9. The Balaban J connectivity index is 1.55. The molecule has 8 heteroatoms. The van der Waals surface area contributed by atoms with Gasteiger partial charge in [-0.25, -0.2) is 9.80 Å². The summed E-state index contributed by atoms with van der Waals surface area (Å²) < 4.78 is 5.23. The molecule has 2 amide bonds. The average Bonchev–Trinajstić information content (AvgIpc) is 3.13. The Morgan fingerprint density at radius 1 is 1.26 bits per heavy atom. The molecule has 1 aromatic carbocycles. The zero-order valence-electron chi connectivity index (χ0n) is 12.3. The van der Waals surface area contributed by atoms with Crippen molar-refractivity contribution in [2.75, 3.05) is 31.6 Å². The molecule has 8 nitrogen and oxygen atoms in total. The van der Waals surface area contributed by atoms with E-state index in [2.05, 4.69) is 20.9 Å². The minimum atomic E-state index is -0.373. The summed E-state index contributed by atoms with van der Waals surface area (Å²) >= 11 is 0. The van der Waals surface area contributed by atoms with Crippen molar-refractivity contribution in [2.45, 2.75) is 0 Å². The molecule has 1 saturated heterocycles. The van der Waals surface area contributed by atoms with E-state index >= 15 is 0 Å². The second kappa shape index (κ2) is 5.49. The van der Waals surface area contributed by atoms with E-state index in [9.17, 15) is 9.59 Å². The number of aromatic amines is 1. The highest BCUT2D eigenvalue weighted by Crippen LogP contribution is 2.38. The molecule has 1 aliphatic carbocycles. The minimum absolute atomic E-state index is 0.133. The lowest BCUT2D eigenvalue weighted by Gasteiger charge is -2.27. The largest absolute Gasteiger partial charge is 0.379 e. The molecule has 0 saturated carbocycles. The summed E-state index contributed by atoms with van der Waals surface area (Å²) in [4.78, 5) is 24.6. The zero-order valence-corrected chi connectivity index (χ0v) is 12.3. The van der Waals surface area contributed by atoms with Gasteiger partial charge in [-0.1, -0.05) is 12.1 Å². The number of hydrogen-bond donors (Lipinski definition) is 3. The predicted octanol–water partition coefficient (Wildman–Crippen LogP) is 0.990. The van der Waals surface area contributed by atoms with Gasteiger partial charge in [0.2, 0.25) is 0 Å². The number of nitrogens with zero attached hydrogens (tertiary/aromatic N) is 2. The number of benzene rings is 1. The number of morpholine rings is 1. The topological polar surface area (TPSA) is 99.3 Å². The smallest absolute Gasteiger partial charge is 0.333 e. The highest BCUT2D eigenvalue weighted by molar-refractivity contribution is 6.24. The summed E-state index contributed by atoms with van der Waals surface area (Å²) in [5.41, 5.74) is 5.73. The minimum Gasteiger partial charge on any atom is -0.379 e. The van der Waals surface area contributed by atoms with Gasteiger partial charge in [-0.2, -0.15) is 5.10 Å². The molecule has 3 N–H and O–H groups in total. The number of H-pyrrole nitrogens is 1. The molecule has 0 unspecified atom stereocenters. The van der Waals surface area contributed by atoms with E-state index in [0.717, 1.165) is 5.56 Å². The van der Waals surface area contributed by atoms with Crippen molar-refractivity contribution in [2.24, 2.45) is 0 Å². The molecule has 4 rings (SSSR count). The fraction of sp³-hybridized carbons (Fsp3) is 0.267. The molecule has 2 aromatic rings. The van der Waals surface area contributed by atoms with Crippen LogP contribution in [0.5, 0.6) is 0 Å². The number of fused-ring (bicyclic) bond motifs is 3. The molecule has 2 aliphatic rings. The molecule has 0 radical (unpaired) electrons. The second-order valence-corrected chi connectivity index (χ2v) is 5.38. The first-order valence-corrected chi connectivity index (χ1v) is 7.36. The van der Waals surface area contributed by atoms with Crippen LogP contribution in [0.2, 0.25) is 0 Å². The maximum Gasteiger partial charge on any atom is 0.333 e. The van der Waals surface area contributed by atoms with Crippen LogP contribution in [0.1, 0.15) is 15.9 Å². The Labute approximate surface area is 131 Å². The van der Waals surface area contributed by atoms with Crippen LogP contribution in [-0.2, 0) is 4.74 Å². The molecule has 0 spiro atoms. The van der Waals surface area contributed by atoms with Gasteiger partial charge < -0.3 is 10.1 Å². The number of nitrogens with one attached hydrogen (secondary N) is 3. The van der Waals surface area contributed by atoms with Crippen molar-refractivity contribution in [1.82, 2.24) is 20.6 Å². The van der Waals surface area contributed by atoms with E-state index in [1.807, 2.05) is 6.07 Å². The summed E-state index contributed by atoms with van der Waals surface area (Å²) in [7, 11) is 0. The van der Waals surface area contributed by atoms with Gasteiger partial charge in [0.15, 0.2) is 5.78 Å². The van der Waals surface area contributed by atoms with Gasteiger partial charge in [0, 0.05) is 18.7 Å². The van der Waals surface area contributed by atoms with Gasteiger partial charge in [0.1, 0.15) is 0 Å². The molecule has 0 bridgehead atoms. The Kier molecular flexibility index (Phi) is 3.32. The van der Waals surface area contributed by atoms with Crippen molar-refractivity contribution in [3.8, 4) is 11.3 Å². The van der Waals surface area contributed by atoms with Crippen molar-refractivity contribution >= 4 is 17.5 Å². The van der Waals surface area contributed by atoms with Crippen molar-refractivity contribution in [1.29, 1.82) is 0 Å². The predicted molar refractivity (Wildman–Crippen MR) is 82.0 cm³/mol. The molecule has 1 fully saturated rings. The molecular formula is C15H15N5O3. The van der Waals surface area contributed by atoms with Gasteiger partial charge in [0.05, 0.1) is 41.9 Å². The normalized spacial score (nSPS) is 16.8. The third-order valence-corrected chi connectivity index (χ3v) is 3.96. The van der Waals surface area contributed by atoms with Crippen LogP contribution < -0.4 is 10.7 Å². The SMILES string of the molecule is O=C(Nc1cccc2c1C(=O)c1cn[nH]c1-2)NN1CCOCC1. The lowest BCUT2D eigenvalue weighted by molar-refractivity contribution is 0.0207. The summed E-state index contributed by atoms with van der Waals surface area (Å²) in [6.07, 6.45) is 1.51. The number of hydrazine groups is 1. The highest BCUT2D eigenvalue weighted by Gasteiger charge is 2.31. The molecule has 23 heavy (non-hydrogen) atoms. The van der Waals surface area contributed by atoms with Crippen LogP contribution in [0.3, 0.4) is 0 Å². The number of urea groups is 1.